The first-order chi connectivity index (χ1) is 20.4. The van der Waals surface area contributed by atoms with Gasteiger partial charge in [-0.1, -0.05) is 6.08 Å². The third-order valence-electron chi connectivity index (χ3n) is 8.80. The minimum absolute atomic E-state index is 0.0118. The first-order valence-corrected chi connectivity index (χ1v) is 13.6. The number of fused-ring (bicyclic) bond motifs is 5. The van der Waals surface area contributed by atoms with E-state index in [2.05, 4.69) is 0 Å². The molecule has 12 nitrogen and oxygen atoms in total. The van der Waals surface area contributed by atoms with Gasteiger partial charge < -0.3 is 23.8 Å². The molecule has 0 saturated carbocycles. The Balaban J connectivity index is 1.77. The molecule has 1 saturated heterocycles. The number of esters is 1. The van der Waals surface area contributed by atoms with Crippen molar-refractivity contribution in [2.24, 2.45) is 0 Å². The molecule has 0 radical (unpaired) electrons. The summed E-state index contributed by atoms with van der Waals surface area (Å²) in [5.74, 6) is -3.74. The van der Waals surface area contributed by atoms with Gasteiger partial charge in [0.15, 0.2) is 23.1 Å². The van der Waals surface area contributed by atoms with Crippen LogP contribution in [0.5, 0.6) is 0 Å². The summed E-state index contributed by atoms with van der Waals surface area (Å²) in [6.07, 6.45) is 1.82. The van der Waals surface area contributed by atoms with E-state index < -0.39 is 65.8 Å². The zero-order valence-electron chi connectivity index (χ0n) is 25.1. The number of allylic oxidation sites excluding steroid dienone is 7. The maximum absolute atomic E-state index is 14.4. The number of ketones is 4. The van der Waals surface area contributed by atoms with Crippen LogP contribution < -0.4 is 0 Å². The van der Waals surface area contributed by atoms with Gasteiger partial charge in [0.05, 0.1) is 20.3 Å². The smallest absolute Gasteiger partial charge is 0.333 e. The Morgan fingerprint density at radius 3 is 2.02 bits per heavy atom. The fraction of sp³-hybridized carbons (Fsp3) is 0.419. The maximum Gasteiger partial charge on any atom is 0.333 e. The van der Waals surface area contributed by atoms with Crippen LogP contribution in [0, 0.1) is 0 Å². The first-order valence-electron chi connectivity index (χ1n) is 13.6. The Labute approximate surface area is 247 Å². The van der Waals surface area contributed by atoms with Crippen molar-refractivity contribution < 1.29 is 47.7 Å². The Kier molecular flexibility index (Phi) is 7.47. The molecule has 1 amide bonds. The van der Waals surface area contributed by atoms with Crippen LogP contribution >= 0.6 is 0 Å². The number of piperazine rings is 1. The van der Waals surface area contributed by atoms with Crippen LogP contribution in [0.3, 0.4) is 0 Å². The van der Waals surface area contributed by atoms with Crippen LogP contribution in [0.25, 0.3) is 0 Å². The van der Waals surface area contributed by atoms with Crippen molar-refractivity contribution >= 4 is 35.0 Å². The number of carbonyl (C=O) groups is 6. The topological polar surface area (TPSA) is 146 Å². The highest BCUT2D eigenvalue weighted by atomic mass is 16.5. The second-order valence-electron chi connectivity index (χ2n) is 10.8. The lowest BCUT2D eigenvalue weighted by Crippen LogP contribution is -2.70. The van der Waals surface area contributed by atoms with Gasteiger partial charge in [-0.2, -0.15) is 0 Å². The fourth-order valence-electron chi connectivity index (χ4n) is 6.55. The van der Waals surface area contributed by atoms with Crippen molar-refractivity contribution in [3.63, 3.8) is 0 Å². The number of amides is 1. The predicted molar refractivity (Wildman–Crippen MR) is 149 cm³/mol. The SMILES string of the molecule is C/C=C(/C)C(=O)OC[C@H]1C2=C(C=C3[C@@H]4C5=C(C(=O)C(C)=C(OC)C5=O)[C@H](OC)[C@H](C(=O)N31)N4C)C(=O)C(C)=C(OC)C2=O. The fourth-order valence-corrected chi connectivity index (χ4v) is 6.55. The highest BCUT2D eigenvalue weighted by molar-refractivity contribution is 6.28. The van der Waals surface area contributed by atoms with Crippen molar-refractivity contribution in [2.75, 3.05) is 35.0 Å². The summed E-state index contributed by atoms with van der Waals surface area (Å²) in [6.45, 7) is 5.68. The van der Waals surface area contributed by atoms with Gasteiger partial charge in [-0.3, -0.25) is 28.9 Å². The van der Waals surface area contributed by atoms with E-state index in [9.17, 15) is 28.8 Å². The van der Waals surface area contributed by atoms with E-state index in [-0.39, 0.29) is 50.7 Å². The van der Waals surface area contributed by atoms with E-state index in [4.69, 9.17) is 18.9 Å². The molecule has 1 fully saturated rings. The van der Waals surface area contributed by atoms with E-state index in [1.807, 2.05) is 0 Å². The zero-order chi connectivity index (χ0) is 31.7. The largest absolute Gasteiger partial charge is 0.492 e. The third kappa shape index (κ3) is 4.04. The van der Waals surface area contributed by atoms with E-state index in [1.165, 1.54) is 46.2 Å². The monoisotopic (exact) mass is 592 g/mol. The van der Waals surface area contributed by atoms with Crippen LogP contribution in [0.4, 0.5) is 0 Å². The van der Waals surface area contributed by atoms with Gasteiger partial charge in [0.1, 0.15) is 24.8 Å². The Hall–Kier alpha value is -4.42. The number of rotatable bonds is 6. The first kappa shape index (κ1) is 30.1. The summed E-state index contributed by atoms with van der Waals surface area (Å²) in [7, 11) is 5.51. The Morgan fingerprint density at radius 2 is 1.47 bits per heavy atom. The summed E-state index contributed by atoms with van der Waals surface area (Å²) < 4.78 is 21.9. The van der Waals surface area contributed by atoms with Gasteiger partial charge in [0.25, 0.3) is 0 Å². The average Bonchev–Trinajstić information content (AvgIpc) is 2.99. The second-order valence-corrected chi connectivity index (χ2v) is 10.8. The number of nitrogens with zero attached hydrogens (tertiary/aromatic N) is 2. The molecule has 43 heavy (non-hydrogen) atoms. The number of likely N-dealkylation sites (N-methyl/N-ethyl adjacent to an activating group) is 1. The number of methoxy groups -OCH3 is 3. The quantitative estimate of drug-likeness (QED) is 0.248. The van der Waals surface area contributed by atoms with Gasteiger partial charge in [0, 0.05) is 51.8 Å². The van der Waals surface area contributed by atoms with Crippen molar-refractivity contribution in [1.29, 1.82) is 0 Å². The molecule has 3 heterocycles. The standard InChI is InChI=1S/C31H32N2O10/c1-9-12(2)31(39)43-11-17-18-15(23(34)13(3)27(40-6)25(18)36)10-16-21-19-20(24(35)14(4)28(41-7)26(19)37)29(42-8)22(32(21)5)30(38)33(16)17/h9-10,17,21-22,29H,11H2,1-8H3/b12-9-/t17-,21+,22+,29-/m0/s1. The lowest BCUT2D eigenvalue weighted by molar-refractivity contribution is -0.153. The molecule has 0 spiro atoms. The van der Waals surface area contributed by atoms with E-state index in [1.54, 1.807) is 31.9 Å². The average molecular weight is 593 g/mol. The van der Waals surface area contributed by atoms with Crippen LogP contribution in [0.15, 0.2) is 68.4 Å². The summed E-state index contributed by atoms with van der Waals surface area (Å²) in [4.78, 5) is 85.0. The minimum Gasteiger partial charge on any atom is -0.492 e. The third-order valence-corrected chi connectivity index (χ3v) is 8.80. The van der Waals surface area contributed by atoms with Crippen LogP contribution in [0.2, 0.25) is 0 Å². The molecule has 3 aliphatic heterocycles. The van der Waals surface area contributed by atoms with E-state index in [0.29, 0.717) is 5.57 Å². The van der Waals surface area contributed by atoms with Gasteiger partial charge in [-0.15, -0.1) is 0 Å². The molecule has 0 N–H and O–H groups in total. The van der Waals surface area contributed by atoms with Crippen molar-refractivity contribution in [3.05, 3.63) is 68.4 Å². The summed E-state index contributed by atoms with van der Waals surface area (Å²) in [5, 5.41) is 0. The molecule has 5 aliphatic rings. The lowest BCUT2D eigenvalue weighted by atomic mass is 9.71. The molecule has 0 aromatic carbocycles. The molecular formula is C31H32N2O10. The minimum atomic E-state index is -1.24. The van der Waals surface area contributed by atoms with E-state index in [0.717, 1.165) is 0 Å². The second kappa shape index (κ2) is 10.7. The normalized spacial score (nSPS) is 27.8. The maximum atomic E-state index is 14.4. The van der Waals surface area contributed by atoms with Crippen LogP contribution in [0.1, 0.15) is 27.7 Å². The molecule has 2 aliphatic carbocycles. The molecule has 5 rings (SSSR count). The van der Waals surface area contributed by atoms with Gasteiger partial charge in [0.2, 0.25) is 17.5 Å². The predicted octanol–water partition coefficient (Wildman–Crippen LogP) is 1.04. The molecule has 0 unspecified atom stereocenters. The molecule has 12 heteroatoms. The number of hydrogen-bond donors (Lipinski definition) is 0. The van der Waals surface area contributed by atoms with Gasteiger partial charge in [-0.05, 0) is 40.8 Å². The molecular weight excluding hydrogens is 560 g/mol. The molecule has 2 bridgehead atoms. The van der Waals surface area contributed by atoms with Crippen LogP contribution in [-0.2, 0) is 47.7 Å². The van der Waals surface area contributed by atoms with E-state index >= 15 is 0 Å². The highest BCUT2D eigenvalue weighted by Crippen LogP contribution is 2.48. The molecule has 0 aromatic rings. The number of carbonyl (C=O) groups excluding carboxylic acids is 6. The summed E-state index contributed by atoms with van der Waals surface area (Å²) in [6, 6.07) is -3.33. The molecule has 226 valence electrons. The number of ether oxygens (including phenoxy) is 4. The zero-order valence-corrected chi connectivity index (χ0v) is 25.1. The Bertz CT molecular complexity index is 1620. The van der Waals surface area contributed by atoms with Crippen molar-refractivity contribution in [3.8, 4) is 0 Å². The van der Waals surface area contributed by atoms with Gasteiger partial charge in [-0.25, -0.2) is 4.79 Å². The highest BCUT2D eigenvalue weighted by Gasteiger charge is 2.60. The Morgan fingerprint density at radius 1 is 0.884 bits per heavy atom. The van der Waals surface area contributed by atoms with Gasteiger partial charge >= 0.3 is 5.97 Å². The molecule has 4 atom stereocenters. The number of hydrogen-bond acceptors (Lipinski definition) is 11. The van der Waals surface area contributed by atoms with Crippen molar-refractivity contribution in [1.82, 2.24) is 9.80 Å². The molecule has 0 aromatic heterocycles. The summed E-state index contributed by atoms with van der Waals surface area (Å²) in [5.41, 5.74) is 0.651. The number of Topliss-reactive ketones (excluding diaryl/α,β-unsaturated/α-hetero) is 4. The lowest BCUT2D eigenvalue weighted by Gasteiger charge is -2.55. The summed E-state index contributed by atoms with van der Waals surface area (Å²) >= 11 is 0. The van der Waals surface area contributed by atoms with Crippen molar-refractivity contribution in [2.45, 2.75) is 51.9 Å². The van der Waals surface area contributed by atoms with Crippen LogP contribution in [-0.4, -0.2) is 104 Å².